The van der Waals surface area contributed by atoms with E-state index in [1.807, 2.05) is 0 Å². The lowest BCUT2D eigenvalue weighted by atomic mass is 10.2. The summed E-state index contributed by atoms with van der Waals surface area (Å²) in [7, 11) is -1.63. The zero-order chi connectivity index (χ0) is 19.1. The van der Waals surface area contributed by atoms with Crippen LogP contribution in [0.25, 0.3) is 10.2 Å². The van der Waals surface area contributed by atoms with Gasteiger partial charge in [0, 0.05) is 31.0 Å². The van der Waals surface area contributed by atoms with Gasteiger partial charge >= 0.3 is 0 Å². The first-order valence-corrected chi connectivity index (χ1v) is 10.0. The van der Waals surface area contributed by atoms with Crippen molar-refractivity contribution in [1.29, 1.82) is 0 Å². The molecule has 1 amide bonds. The highest BCUT2D eigenvalue weighted by atomic mass is 32.2. The molecule has 3 rings (SSSR count). The molecule has 0 atom stereocenters. The summed E-state index contributed by atoms with van der Waals surface area (Å²) in [6.45, 7) is 0. The van der Waals surface area contributed by atoms with E-state index in [9.17, 15) is 23.3 Å². The van der Waals surface area contributed by atoms with Gasteiger partial charge in [0.25, 0.3) is 11.6 Å². The number of nitrogens with zero attached hydrogens (tertiary/aromatic N) is 3. The molecule has 8 nitrogen and oxygen atoms in total. The molecule has 10 heteroatoms. The minimum absolute atomic E-state index is 0.105. The monoisotopic (exact) mass is 391 g/mol. The smallest absolute Gasteiger partial charge is 0.279 e. The van der Waals surface area contributed by atoms with E-state index in [1.54, 1.807) is 17.7 Å². The number of nitro benzene ring substituents is 1. The average Bonchev–Trinajstić information content (AvgIpc) is 2.89. The predicted octanol–water partition coefficient (Wildman–Crippen LogP) is 2.29. The Bertz CT molecular complexity index is 1220. The number of hydrogen-bond acceptors (Lipinski definition) is 6. The van der Waals surface area contributed by atoms with Gasteiger partial charge in [0.1, 0.15) is 0 Å². The normalized spacial score (nSPS) is 12.5. The summed E-state index contributed by atoms with van der Waals surface area (Å²) in [5.41, 5.74) is 0.644. The van der Waals surface area contributed by atoms with Crippen LogP contribution in [-0.4, -0.2) is 30.1 Å². The molecule has 0 bridgehead atoms. The molecule has 0 aliphatic carbocycles. The van der Waals surface area contributed by atoms with Crippen LogP contribution in [0.15, 0.2) is 52.4 Å². The van der Waals surface area contributed by atoms with Crippen LogP contribution in [0.5, 0.6) is 0 Å². The highest BCUT2D eigenvalue weighted by Crippen LogP contribution is 2.21. The molecule has 2 aromatic carbocycles. The zero-order valence-corrected chi connectivity index (χ0v) is 15.4. The standard InChI is InChI=1S/C16H13N3O5S2/c1-18-13-7-6-12(26(2,23)24)9-14(13)25-16(18)17-15(20)10-4-3-5-11(8-10)19(21)22/h3-9H,1-2H3. The number of nitro groups is 1. The average molecular weight is 391 g/mol. The summed E-state index contributed by atoms with van der Waals surface area (Å²) in [5.74, 6) is -0.612. The summed E-state index contributed by atoms with van der Waals surface area (Å²) in [5, 5.41) is 10.8. The van der Waals surface area contributed by atoms with Gasteiger partial charge in [-0.25, -0.2) is 8.42 Å². The Kier molecular flexibility index (Phi) is 4.46. The molecule has 134 valence electrons. The maximum atomic E-state index is 12.4. The highest BCUT2D eigenvalue weighted by molar-refractivity contribution is 7.90. The summed E-state index contributed by atoms with van der Waals surface area (Å²) in [6, 6.07) is 10.0. The molecule has 1 heterocycles. The Morgan fingerprint density at radius 3 is 2.62 bits per heavy atom. The fourth-order valence-corrected chi connectivity index (χ4v) is 4.13. The molecule has 0 aliphatic heterocycles. The van der Waals surface area contributed by atoms with Gasteiger partial charge in [-0.1, -0.05) is 17.4 Å². The van der Waals surface area contributed by atoms with Gasteiger partial charge < -0.3 is 4.57 Å². The largest absolute Gasteiger partial charge is 0.319 e. The molecular weight excluding hydrogens is 378 g/mol. The Morgan fingerprint density at radius 1 is 1.23 bits per heavy atom. The zero-order valence-electron chi connectivity index (χ0n) is 13.7. The van der Waals surface area contributed by atoms with E-state index >= 15 is 0 Å². The Hall–Kier alpha value is -2.85. The van der Waals surface area contributed by atoms with E-state index in [-0.39, 0.29) is 16.1 Å². The van der Waals surface area contributed by atoms with E-state index in [0.717, 1.165) is 23.1 Å². The van der Waals surface area contributed by atoms with E-state index < -0.39 is 20.7 Å². The van der Waals surface area contributed by atoms with E-state index in [0.29, 0.717) is 9.50 Å². The number of hydrogen-bond donors (Lipinski definition) is 0. The molecule has 0 unspecified atom stereocenters. The van der Waals surface area contributed by atoms with Gasteiger partial charge in [0.15, 0.2) is 14.6 Å². The molecule has 0 saturated heterocycles. The number of aromatic nitrogens is 1. The first-order chi connectivity index (χ1) is 12.2. The summed E-state index contributed by atoms with van der Waals surface area (Å²) in [4.78, 5) is 27.2. The summed E-state index contributed by atoms with van der Waals surface area (Å²) in [6.07, 6.45) is 1.12. The SMILES string of the molecule is Cn1c(=NC(=O)c2cccc([N+](=O)[O-])c2)sc2cc(S(C)(=O)=O)ccc21. The van der Waals surface area contributed by atoms with Crippen LogP contribution in [0.3, 0.4) is 0 Å². The maximum Gasteiger partial charge on any atom is 0.279 e. The fraction of sp³-hybridized carbons (Fsp3) is 0.125. The van der Waals surface area contributed by atoms with Crippen LogP contribution in [0.2, 0.25) is 0 Å². The van der Waals surface area contributed by atoms with Crippen molar-refractivity contribution in [2.75, 3.05) is 6.26 Å². The Labute approximate surface area is 152 Å². The molecule has 0 fully saturated rings. The third kappa shape index (κ3) is 3.41. The fourth-order valence-electron chi connectivity index (χ4n) is 2.36. The lowest BCUT2D eigenvalue weighted by Crippen LogP contribution is -2.13. The van der Waals surface area contributed by atoms with Crippen LogP contribution in [-0.2, 0) is 16.9 Å². The van der Waals surface area contributed by atoms with Gasteiger partial charge in [-0.05, 0) is 24.3 Å². The third-order valence-corrected chi connectivity index (χ3v) is 5.91. The third-order valence-electron chi connectivity index (χ3n) is 3.71. The van der Waals surface area contributed by atoms with E-state index in [2.05, 4.69) is 4.99 Å². The first kappa shape index (κ1) is 18.0. The number of benzene rings is 2. The molecule has 0 spiro atoms. The van der Waals surface area contributed by atoms with Crippen molar-refractivity contribution in [3.63, 3.8) is 0 Å². The number of rotatable bonds is 3. The van der Waals surface area contributed by atoms with Crippen molar-refractivity contribution in [3.05, 3.63) is 62.9 Å². The second-order valence-electron chi connectivity index (χ2n) is 5.57. The van der Waals surface area contributed by atoms with Crippen LogP contribution in [0, 0.1) is 10.1 Å². The maximum absolute atomic E-state index is 12.4. The number of aryl methyl sites for hydroxylation is 1. The number of fused-ring (bicyclic) bond motifs is 1. The van der Waals surface area contributed by atoms with Gasteiger partial charge in [-0.3, -0.25) is 14.9 Å². The minimum atomic E-state index is -3.34. The molecule has 0 aliphatic rings. The van der Waals surface area contributed by atoms with Crippen LogP contribution in [0.1, 0.15) is 10.4 Å². The number of carbonyl (C=O) groups excluding carboxylic acids is 1. The number of sulfone groups is 1. The topological polar surface area (TPSA) is 112 Å². The molecule has 26 heavy (non-hydrogen) atoms. The second kappa shape index (κ2) is 6.46. The second-order valence-corrected chi connectivity index (χ2v) is 8.59. The predicted molar refractivity (Wildman–Crippen MR) is 96.9 cm³/mol. The lowest BCUT2D eigenvalue weighted by molar-refractivity contribution is -0.384. The molecule has 1 aromatic heterocycles. The molecule has 0 radical (unpaired) electrons. The van der Waals surface area contributed by atoms with Crippen molar-refractivity contribution < 1.29 is 18.1 Å². The molecule has 3 aromatic rings. The van der Waals surface area contributed by atoms with Crippen LogP contribution < -0.4 is 4.80 Å². The highest BCUT2D eigenvalue weighted by Gasteiger charge is 2.13. The van der Waals surface area contributed by atoms with Crippen molar-refractivity contribution in [2.24, 2.45) is 12.0 Å². The quantitative estimate of drug-likeness (QED) is 0.502. The van der Waals surface area contributed by atoms with Crippen molar-refractivity contribution in [1.82, 2.24) is 4.57 Å². The summed E-state index contributed by atoms with van der Waals surface area (Å²) >= 11 is 1.16. The van der Waals surface area contributed by atoms with Crippen molar-refractivity contribution >= 4 is 43.0 Å². The van der Waals surface area contributed by atoms with Crippen molar-refractivity contribution in [3.8, 4) is 0 Å². The summed E-state index contributed by atoms with van der Waals surface area (Å²) < 4.78 is 25.7. The van der Waals surface area contributed by atoms with E-state index in [1.165, 1.54) is 36.4 Å². The number of non-ortho nitro benzene ring substituents is 1. The minimum Gasteiger partial charge on any atom is -0.319 e. The Balaban J connectivity index is 2.10. The van der Waals surface area contributed by atoms with E-state index in [4.69, 9.17) is 0 Å². The molecule has 0 N–H and O–H groups in total. The van der Waals surface area contributed by atoms with Gasteiger partial charge in [-0.15, -0.1) is 0 Å². The lowest BCUT2D eigenvalue weighted by Gasteiger charge is -1.99. The van der Waals surface area contributed by atoms with Crippen LogP contribution in [0.4, 0.5) is 5.69 Å². The molecule has 0 saturated carbocycles. The van der Waals surface area contributed by atoms with Gasteiger partial charge in [0.05, 0.1) is 20.0 Å². The van der Waals surface area contributed by atoms with Crippen LogP contribution >= 0.6 is 11.3 Å². The van der Waals surface area contributed by atoms with Crippen molar-refractivity contribution in [2.45, 2.75) is 4.90 Å². The number of thiazole rings is 1. The molecular formula is C16H13N3O5S2. The number of amides is 1. The Morgan fingerprint density at radius 2 is 1.96 bits per heavy atom. The first-order valence-electron chi connectivity index (χ1n) is 7.30. The number of carbonyl (C=O) groups is 1. The van der Waals surface area contributed by atoms with Gasteiger partial charge in [-0.2, -0.15) is 4.99 Å². The van der Waals surface area contributed by atoms with Gasteiger partial charge in [0.2, 0.25) is 0 Å².